The summed E-state index contributed by atoms with van der Waals surface area (Å²) in [5.74, 6) is -0.331. The number of carbonyl (C=O) groups is 1. The Kier molecular flexibility index (Phi) is 5.26. The summed E-state index contributed by atoms with van der Waals surface area (Å²) in [5, 5.41) is 9.02. The number of hydrogen-bond acceptors (Lipinski definition) is 4. The van der Waals surface area contributed by atoms with E-state index in [4.69, 9.17) is 10.00 Å². The van der Waals surface area contributed by atoms with Gasteiger partial charge in [0.25, 0.3) is 0 Å². The van der Waals surface area contributed by atoms with Crippen molar-refractivity contribution in [1.82, 2.24) is 4.98 Å². The van der Waals surface area contributed by atoms with E-state index in [1.54, 1.807) is 31.5 Å². The van der Waals surface area contributed by atoms with Gasteiger partial charge in [-0.25, -0.2) is 0 Å². The van der Waals surface area contributed by atoms with Gasteiger partial charge in [-0.15, -0.1) is 0 Å². The van der Waals surface area contributed by atoms with Gasteiger partial charge in [-0.05, 0) is 36.6 Å². The molecule has 0 aliphatic rings. The molecule has 0 aliphatic heterocycles. The van der Waals surface area contributed by atoms with Crippen molar-refractivity contribution >= 4 is 5.97 Å². The molecule has 2 aromatic rings. The van der Waals surface area contributed by atoms with Gasteiger partial charge >= 0.3 is 5.97 Å². The molecule has 0 spiro atoms. The topological polar surface area (TPSA) is 63.0 Å². The Hall–Kier alpha value is -2.67. The number of nitriles is 1. The average Bonchev–Trinajstić information content (AvgIpc) is 2.58. The van der Waals surface area contributed by atoms with Crippen LogP contribution in [0.5, 0.6) is 0 Å². The number of ether oxygens (including phenoxy) is 1. The van der Waals surface area contributed by atoms with Gasteiger partial charge in [0.1, 0.15) is 5.41 Å². The van der Waals surface area contributed by atoms with Crippen LogP contribution < -0.4 is 0 Å². The van der Waals surface area contributed by atoms with E-state index in [9.17, 15) is 4.79 Å². The van der Waals surface area contributed by atoms with Gasteiger partial charge in [-0.1, -0.05) is 30.3 Å². The fourth-order valence-corrected chi connectivity index (χ4v) is 2.65. The van der Waals surface area contributed by atoms with Crippen LogP contribution >= 0.6 is 0 Å². The highest BCUT2D eigenvalue weighted by Crippen LogP contribution is 2.38. The second kappa shape index (κ2) is 7.37. The van der Waals surface area contributed by atoms with Crippen molar-refractivity contribution in [2.45, 2.75) is 25.2 Å². The predicted octanol–water partition coefficient (Wildman–Crippen LogP) is 3.23. The van der Waals surface area contributed by atoms with Gasteiger partial charge in [0.2, 0.25) is 0 Å². The summed E-state index contributed by atoms with van der Waals surface area (Å²) < 4.78 is 5.34. The normalized spacial score (nSPS) is 12.9. The van der Waals surface area contributed by atoms with Crippen molar-refractivity contribution in [3.8, 4) is 6.07 Å². The van der Waals surface area contributed by atoms with Crippen molar-refractivity contribution in [2.24, 2.45) is 0 Å². The highest BCUT2D eigenvalue weighted by Gasteiger charge is 2.43. The number of esters is 1. The Bertz CT molecular complexity index is 608. The van der Waals surface area contributed by atoms with E-state index in [1.165, 1.54) is 0 Å². The first kappa shape index (κ1) is 15.7. The monoisotopic (exact) mass is 294 g/mol. The Balaban J connectivity index is 2.63. The minimum Gasteiger partial charge on any atom is -0.465 e. The summed E-state index contributed by atoms with van der Waals surface area (Å²) in [6.07, 6.45) is 3.93. The van der Waals surface area contributed by atoms with E-state index in [-0.39, 0.29) is 12.4 Å². The van der Waals surface area contributed by atoms with Crippen molar-refractivity contribution in [3.63, 3.8) is 0 Å². The first-order valence-electron chi connectivity index (χ1n) is 7.26. The molecule has 22 heavy (non-hydrogen) atoms. The molecule has 0 saturated heterocycles. The first-order chi connectivity index (χ1) is 10.8. The summed E-state index contributed by atoms with van der Waals surface area (Å²) in [5.41, 5.74) is 0.646. The molecule has 0 N–H and O–H groups in total. The first-order valence-corrected chi connectivity index (χ1v) is 7.26. The second-order valence-corrected chi connectivity index (χ2v) is 4.89. The highest BCUT2D eigenvalue weighted by atomic mass is 16.5. The Morgan fingerprint density at radius 2 is 1.82 bits per heavy atom. The Labute approximate surface area is 130 Å². The third-order valence-electron chi connectivity index (χ3n) is 3.68. The van der Waals surface area contributed by atoms with Crippen LogP contribution in [0.1, 0.15) is 30.9 Å². The number of carbonyl (C=O) groups excluding carboxylic acids is 1. The lowest BCUT2D eigenvalue weighted by atomic mass is 9.71. The molecular weight excluding hydrogens is 276 g/mol. The maximum absolute atomic E-state index is 12.8. The van der Waals surface area contributed by atoms with Crippen LogP contribution in [0.3, 0.4) is 0 Å². The fourth-order valence-electron chi connectivity index (χ4n) is 2.65. The number of pyridine rings is 1. The van der Waals surface area contributed by atoms with Crippen molar-refractivity contribution in [1.29, 1.82) is 5.26 Å². The molecule has 4 nitrogen and oxygen atoms in total. The molecule has 0 fully saturated rings. The summed E-state index contributed by atoms with van der Waals surface area (Å²) in [6, 6.07) is 15.2. The van der Waals surface area contributed by atoms with Crippen LogP contribution in [0.4, 0.5) is 0 Å². The lowest BCUT2D eigenvalue weighted by Crippen LogP contribution is -2.39. The molecule has 1 aromatic carbocycles. The molecule has 0 saturated carbocycles. The van der Waals surface area contributed by atoms with E-state index in [1.807, 2.05) is 30.3 Å². The lowest BCUT2D eigenvalue weighted by molar-refractivity contribution is -0.148. The molecule has 112 valence electrons. The predicted molar refractivity (Wildman–Crippen MR) is 82.9 cm³/mol. The van der Waals surface area contributed by atoms with Crippen LogP contribution in [0.2, 0.25) is 0 Å². The molecule has 1 heterocycles. The van der Waals surface area contributed by atoms with Gasteiger partial charge in [-0.2, -0.15) is 5.26 Å². The van der Waals surface area contributed by atoms with Crippen molar-refractivity contribution < 1.29 is 9.53 Å². The Morgan fingerprint density at radius 3 is 2.41 bits per heavy atom. The molecule has 4 heteroatoms. The van der Waals surface area contributed by atoms with Crippen LogP contribution in [0, 0.1) is 11.3 Å². The molecule has 0 radical (unpaired) electrons. The Morgan fingerprint density at radius 1 is 1.18 bits per heavy atom. The van der Waals surface area contributed by atoms with Crippen LogP contribution in [0.15, 0.2) is 54.9 Å². The van der Waals surface area contributed by atoms with Crippen molar-refractivity contribution in [3.05, 3.63) is 66.0 Å². The van der Waals surface area contributed by atoms with Gasteiger partial charge in [0.15, 0.2) is 0 Å². The third-order valence-corrected chi connectivity index (χ3v) is 3.68. The van der Waals surface area contributed by atoms with Crippen LogP contribution in [-0.4, -0.2) is 17.6 Å². The summed E-state index contributed by atoms with van der Waals surface area (Å²) in [6.45, 7) is 2.08. The SMILES string of the molecule is CCOC(=O)C(CCC#N)(c1ccccc1)c1ccncc1. The standard InChI is InChI=1S/C18H18N2O2/c1-2-22-17(21)18(11-6-12-19,15-7-4-3-5-8-15)16-9-13-20-14-10-16/h3-5,7-10,13-14H,2,6,11H2,1H3. The third kappa shape index (κ3) is 2.99. The van der Waals surface area contributed by atoms with E-state index < -0.39 is 5.41 Å². The minimum atomic E-state index is -0.976. The van der Waals surface area contributed by atoms with Crippen LogP contribution in [-0.2, 0) is 14.9 Å². The minimum absolute atomic E-state index is 0.260. The molecule has 1 aromatic heterocycles. The molecular formula is C18H18N2O2. The largest absolute Gasteiger partial charge is 0.465 e. The molecule has 0 bridgehead atoms. The van der Waals surface area contributed by atoms with E-state index in [0.717, 1.165) is 11.1 Å². The molecule has 2 rings (SSSR count). The summed E-state index contributed by atoms with van der Waals surface area (Å²) in [4.78, 5) is 16.8. The average molecular weight is 294 g/mol. The number of hydrogen-bond donors (Lipinski definition) is 0. The maximum Gasteiger partial charge on any atom is 0.321 e. The number of aromatic nitrogens is 1. The van der Waals surface area contributed by atoms with E-state index in [2.05, 4.69) is 11.1 Å². The number of nitrogens with zero attached hydrogens (tertiary/aromatic N) is 2. The number of rotatable bonds is 6. The smallest absolute Gasteiger partial charge is 0.321 e. The molecule has 0 amide bonds. The molecule has 0 aliphatic carbocycles. The zero-order chi connectivity index (χ0) is 15.8. The van der Waals surface area contributed by atoms with Crippen molar-refractivity contribution in [2.75, 3.05) is 6.61 Å². The van der Waals surface area contributed by atoms with E-state index in [0.29, 0.717) is 13.0 Å². The second-order valence-electron chi connectivity index (χ2n) is 4.89. The number of benzene rings is 1. The van der Waals surface area contributed by atoms with Gasteiger partial charge in [-0.3, -0.25) is 9.78 Å². The molecule has 1 unspecified atom stereocenters. The summed E-state index contributed by atoms with van der Waals surface area (Å²) >= 11 is 0. The summed E-state index contributed by atoms with van der Waals surface area (Å²) in [7, 11) is 0. The zero-order valence-corrected chi connectivity index (χ0v) is 12.5. The molecule has 1 atom stereocenters. The van der Waals surface area contributed by atoms with Gasteiger partial charge in [0, 0.05) is 18.8 Å². The van der Waals surface area contributed by atoms with Gasteiger partial charge < -0.3 is 4.74 Å². The quantitative estimate of drug-likeness (QED) is 0.767. The van der Waals surface area contributed by atoms with Gasteiger partial charge in [0.05, 0.1) is 12.7 Å². The highest BCUT2D eigenvalue weighted by molar-refractivity contribution is 5.87. The van der Waals surface area contributed by atoms with Crippen LogP contribution in [0.25, 0.3) is 0 Å². The van der Waals surface area contributed by atoms with E-state index >= 15 is 0 Å². The maximum atomic E-state index is 12.8. The zero-order valence-electron chi connectivity index (χ0n) is 12.5. The fraction of sp³-hybridized carbons (Fsp3) is 0.278. The lowest BCUT2D eigenvalue weighted by Gasteiger charge is -2.32.